The number of benzene rings is 8. The van der Waals surface area contributed by atoms with Gasteiger partial charge in [0.2, 0.25) is 5.89 Å². The number of fused-ring (bicyclic) bond motifs is 17. The smallest absolute Gasteiger partial charge is 0.333 e. The second-order valence-corrected chi connectivity index (χ2v) is 21.0. The van der Waals surface area contributed by atoms with Crippen LogP contribution < -0.4 is 15.7 Å². The molecule has 7 heteroatoms. The molecule has 2 aliphatic heterocycles. The zero-order valence-electron chi connectivity index (χ0n) is 36.5. The molecule has 4 aromatic heterocycles. The van der Waals surface area contributed by atoms with Gasteiger partial charge in [0.25, 0.3) is 0 Å². The molecule has 2 aliphatic rings. The molecule has 0 radical (unpaired) electrons. The Balaban J connectivity index is 1.21. The number of aromatic nitrogens is 2. The zero-order chi connectivity index (χ0) is 43.0. The quantitative estimate of drug-likeness (QED) is 0.163. The van der Waals surface area contributed by atoms with Crippen molar-refractivity contribution in [1.82, 2.24) is 9.55 Å². The van der Waals surface area contributed by atoms with Crippen LogP contribution >= 0.6 is 11.3 Å². The monoisotopic (exact) mass is 843 g/mol. The highest BCUT2D eigenvalue weighted by atomic mass is 32.1. The van der Waals surface area contributed by atoms with Crippen LogP contribution in [0.25, 0.3) is 103 Å². The van der Waals surface area contributed by atoms with Gasteiger partial charge >= 0.3 is 6.85 Å². The molecule has 0 saturated heterocycles. The standard InChI is InChI=1S/C57H42BN3O2S/c1-56(2,3)32-20-23-34(24-21-32)61-43-30-48-37(35-16-11-13-19-47(35)64-48)27-39(43)49-50-36-17-10-12-18-45(36)62-54(50)51-38-26-33(57(4,5)6)22-25-42(38)60-44-29-46-41(28-40(44)58(61)52(49)53(51)60)59-55(63-46)31-14-8-7-9-15-31/h7-30H,1-6H3. The van der Waals surface area contributed by atoms with Crippen LogP contribution in [0, 0.1) is 0 Å². The Morgan fingerprint density at radius 3 is 2.11 bits per heavy atom. The van der Waals surface area contributed by atoms with E-state index in [0.717, 1.165) is 55.5 Å². The number of rotatable bonds is 2. The Labute approximate surface area is 374 Å². The number of thiophene rings is 1. The van der Waals surface area contributed by atoms with Gasteiger partial charge in [0, 0.05) is 70.6 Å². The van der Waals surface area contributed by atoms with Gasteiger partial charge in [-0.25, -0.2) is 4.98 Å². The summed E-state index contributed by atoms with van der Waals surface area (Å²) in [4.78, 5) is 7.85. The maximum Gasteiger partial charge on any atom is 0.333 e. The van der Waals surface area contributed by atoms with Gasteiger partial charge in [0.15, 0.2) is 5.58 Å². The lowest BCUT2D eigenvalue weighted by molar-refractivity contribution is 0.590. The van der Waals surface area contributed by atoms with Crippen molar-refractivity contribution in [2.24, 2.45) is 0 Å². The number of furan rings is 1. The van der Waals surface area contributed by atoms with Crippen LogP contribution in [0.3, 0.4) is 0 Å². The molecule has 64 heavy (non-hydrogen) atoms. The average molecular weight is 844 g/mol. The van der Waals surface area contributed by atoms with Crippen molar-refractivity contribution < 1.29 is 8.83 Å². The first-order chi connectivity index (χ1) is 31.0. The second kappa shape index (κ2) is 12.3. The fourth-order valence-corrected chi connectivity index (χ4v) is 12.1. The van der Waals surface area contributed by atoms with Crippen LogP contribution in [0.15, 0.2) is 154 Å². The summed E-state index contributed by atoms with van der Waals surface area (Å²) in [5.41, 5.74) is 17.6. The first kappa shape index (κ1) is 36.4. The van der Waals surface area contributed by atoms with E-state index in [1.165, 1.54) is 75.3 Å². The largest absolute Gasteiger partial charge is 0.455 e. The fraction of sp³-hybridized carbons (Fsp3) is 0.140. The minimum atomic E-state index is -0.217. The zero-order valence-corrected chi connectivity index (χ0v) is 37.3. The van der Waals surface area contributed by atoms with Gasteiger partial charge in [-0.3, -0.25) is 0 Å². The van der Waals surface area contributed by atoms with Crippen molar-refractivity contribution >= 4 is 116 Å². The van der Waals surface area contributed by atoms with E-state index in [2.05, 4.69) is 178 Å². The third-order valence-corrected chi connectivity index (χ3v) is 15.2. The first-order valence-electron chi connectivity index (χ1n) is 22.3. The molecule has 0 amide bonds. The third kappa shape index (κ3) is 4.82. The summed E-state index contributed by atoms with van der Waals surface area (Å²) in [6, 6.07) is 53.7. The Kier molecular flexibility index (Phi) is 7.02. The van der Waals surface area contributed by atoms with Gasteiger partial charge in [-0.1, -0.05) is 114 Å². The van der Waals surface area contributed by atoms with E-state index in [0.29, 0.717) is 5.89 Å². The molecular weight excluding hydrogens is 802 g/mol. The maximum absolute atomic E-state index is 7.21. The van der Waals surface area contributed by atoms with E-state index in [-0.39, 0.29) is 17.7 Å². The molecule has 0 N–H and O–H groups in total. The van der Waals surface area contributed by atoms with Crippen molar-refractivity contribution in [2.45, 2.75) is 52.4 Å². The summed E-state index contributed by atoms with van der Waals surface area (Å²) in [5.74, 6) is 0.619. The van der Waals surface area contributed by atoms with Gasteiger partial charge in [-0.15, -0.1) is 11.3 Å². The molecule has 12 aromatic rings. The number of hydrogen-bond acceptors (Lipinski definition) is 5. The van der Waals surface area contributed by atoms with E-state index in [1.54, 1.807) is 0 Å². The molecule has 6 heterocycles. The number of anilines is 2. The molecule has 0 aliphatic carbocycles. The SMILES string of the molecule is CC(C)(C)c1ccc(N2B3c4cc5nc(-c6ccccc6)oc5cc4-n4c5ccc(C(C)(C)C)cc5c5c6oc7ccccc7c6c(c3c54)-c3cc4c(cc32)sc2ccccc24)cc1. The van der Waals surface area contributed by atoms with Crippen molar-refractivity contribution in [2.75, 3.05) is 4.81 Å². The van der Waals surface area contributed by atoms with Crippen molar-refractivity contribution in [3.05, 3.63) is 157 Å². The number of para-hydroxylation sites is 1. The van der Waals surface area contributed by atoms with E-state index < -0.39 is 0 Å². The summed E-state index contributed by atoms with van der Waals surface area (Å²) < 4.78 is 19.0. The summed E-state index contributed by atoms with van der Waals surface area (Å²) >= 11 is 1.87. The summed E-state index contributed by atoms with van der Waals surface area (Å²) in [6.45, 7) is 13.6. The van der Waals surface area contributed by atoms with E-state index in [4.69, 9.17) is 13.8 Å². The van der Waals surface area contributed by atoms with Crippen molar-refractivity contribution in [3.63, 3.8) is 0 Å². The maximum atomic E-state index is 7.21. The van der Waals surface area contributed by atoms with Crippen LogP contribution in [0.1, 0.15) is 52.7 Å². The van der Waals surface area contributed by atoms with Gasteiger partial charge < -0.3 is 18.2 Å². The normalized spacial score (nSPS) is 13.7. The number of oxazole rings is 1. The summed E-state index contributed by atoms with van der Waals surface area (Å²) in [7, 11) is 0. The summed E-state index contributed by atoms with van der Waals surface area (Å²) in [6.07, 6.45) is 0. The van der Waals surface area contributed by atoms with Gasteiger partial charge in [-0.05, 0) is 105 Å². The molecule has 0 bridgehead atoms. The van der Waals surface area contributed by atoms with Crippen molar-refractivity contribution in [1.29, 1.82) is 0 Å². The molecule has 0 saturated carbocycles. The first-order valence-corrected chi connectivity index (χ1v) is 23.1. The number of nitrogens with zero attached hydrogens (tertiary/aromatic N) is 3. The van der Waals surface area contributed by atoms with Crippen LogP contribution in [-0.4, -0.2) is 16.4 Å². The molecule has 14 rings (SSSR count). The van der Waals surface area contributed by atoms with Gasteiger partial charge in [0.1, 0.15) is 16.7 Å². The lowest BCUT2D eigenvalue weighted by Crippen LogP contribution is -2.60. The Morgan fingerprint density at radius 2 is 1.31 bits per heavy atom. The fourth-order valence-electron chi connectivity index (χ4n) is 11.0. The highest BCUT2D eigenvalue weighted by Crippen LogP contribution is 2.53. The predicted octanol–water partition coefficient (Wildman–Crippen LogP) is 14.7. The van der Waals surface area contributed by atoms with E-state index >= 15 is 0 Å². The van der Waals surface area contributed by atoms with Gasteiger partial charge in [-0.2, -0.15) is 0 Å². The van der Waals surface area contributed by atoms with Crippen LogP contribution in [0.2, 0.25) is 0 Å². The lowest BCUT2D eigenvalue weighted by Gasteiger charge is -2.42. The van der Waals surface area contributed by atoms with Crippen LogP contribution in [0.4, 0.5) is 11.4 Å². The minimum absolute atomic E-state index is 0.00753. The Morgan fingerprint density at radius 1 is 0.578 bits per heavy atom. The topological polar surface area (TPSA) is 47.3 Å². The molecule has 0 unspecified atom stereocenters. The highest BCUT2D eigenvalue weighted by molar-refractivity contribution is 7.25. The van der Waals surface area contributed by atoms with Crippen LogP contribution in [0.5, 0.6) is 0 Å². The molecular formula is C57H42BN3O2S. The molecule has 0 fully saturated rings. The molecule has 0 spiro atoms. The summed E-state index contributed by atoms with van der Waals surface area (Å²) in [5, 5.41) is 7.20. The van der Waals surface area contributed by atoms with Crippen LogP contribution in [-0.2, 0) is 10.8 Å². The third-order valence-electron chi connectivity index (χ3n) is 14.1. The van der Waals surface area contributed by atoms with Gasteiger partial charge in [0.05, 0.1) is 16.4 Å². The predicted molar refractivity (Wildman–Crippen MR) is 270 cm³/mol. The van der Waals surface area contributed by atoms with E-state index in [9.17, 15) is 0 Å². The second-order valence-electron chi connectivity index (χ2n) is 19.9. The molecule has 8 aromatic carbocycles. The highest BCUT2D eigenvalue weighted by Gasteiger charge is 2.46. The molecule has 306 valence electrons. The Hall–Kier alpha value is -7.09. The Bertz CT molecular complexity index is 3990. The average Bonchev–Trinajstić information content (AvgIpc) is 4.07. The van der Waals surface area contributed by atoms with E-state index in [1.807, 2.05) is 29.5 Å². The molecule has 0 atom stereocenters. The number of hydrogen-bond donors (Lipinski definition) is 0. The minimum Gasteiger partial charge on any atom is -0.455 e. The molecule has 5 nitrogen and oxygen atoms in total. The van der Waals surface area contributed by atoms with Crippen molar-refractivity contribution in [3.8, 4) is 28.3 Å². The lowest BCUT2D eigenvalue weighted by atomic mass is 9.43.